The molecule has 0 spiro atoms. The molecule has 7 nitrogen and oxygen atoms in total. The number of carbonyl (C=O) groups is 1. The van der Waals surface area contributed by atoms with Crippen LogP contribution < -0.4 is 0 Å². The van der Waals surface area contributed by atoms with E-state index in [4.69, 9.17) is 4.42 Å². The summed E-state index contributed by atoms with van der Waals surface area (Å²) in [5.74, 6) is 0.555. The molecule has 33 heavy (non-hydrogen) atoms. The Bertz CT molecular complexity index is 1250. The molecule has 2 aromatic heterocycles. The molecular weight excluding hydrogens is 421 g/mol. The van der Waals surface area contributed by atoms with Gasteiger partial charge in [0.2, 0.25) is 11.8 Å². The van der Waals surface area contributed by atoms with Crippen molar-refractivity contribution in [3.63, 3.8) is 0 Å². The topological polar surface area (TPSA) is 77.0 Å². The van der Waals surface area contributed by atoms with Crippen molar-refractivity contribution >= 4 is 5.91 Å². The van der Waals surface area contributed by atoms with Crippen molar-refractivity contribution < 1.29 is 13.6 Å². The van der Waals surface area contributed by atoms with Gasteiger partial charge in [-0.05, 0) is 68.7 Å². The number of aromatic nitrogens is 4. The van der Waals surface area contributed by atoms with Crippen LogP contribution in [-0.4, -0.2) is 43.4 Å². The van der Waals surface area contributed by atoms with Crippen molar-refractivity contribution in [1.29, 1.82) is 0 Å². The Morgan fingerprint density at radius 2 is 1.88 bits per heavy atom. The third kappa shape index (κ3) is 4.41. The summed E-state index contributed by atoms with van der Waals surface area (Å²) in [6.45, 7) is 2.49. The molecule has 168 valence electrons. The van der Waals surface area contributed by atoms with Gasteiger partial charge < -0.3 is 9.32 Å². The molecule has 0 radical (unpaired) electrons. The zero-order valence-corrected chi connectivity index (χ0v) is 18.3. The molecular formula is C25H24FN5O2. The molecule has 1 saturated heterocycles. The Balaban J connectivity index is 1.39. The van der Waals surface area contributed by atoms with E-state index in [-0.39, 0.29) is 17.8 Å². The molecule has 1 amide bonds. The van der Waals surface area contributed by atoms with Crippen LogP contribution in [-0.2, 0) is 6.42 Å². The van der Waals surface area contributed by atoms with E-state index in [1.165, 1.54) is 12.1 Å². The van der Waals surface area contributed by atoms with Gasteiger partial charge >= 0.3 is 0 Å². The van der Waals surface area contributed by atoms with Gasteiger partial charge in [0.05, 0.1) is 11.4 Å². The van der Waals surface area contributed by atoms with Crippen LogP contribution in [0, 0.1) is 12.7 Å². The lowest BCUT2D eigenvalue weighted by Gasteiger charge is -2.35. The zero-order chi connectivity index (χ0) is 22.8. The number of nitrogens with zero attached hydrogens (tertiary/aromatic N) is 5. The van der Waals surface area contributed by atoms with Crippen molar-refractivity contribution in [2.24, 2.45) is 0 Å². The fraction of sp³-hybridized carbons (Fsp3) is 0.280. The van der Waals surface area contributed by atoms with Crippen LogP contribution in [0.25, 0.3) is 17.1 Å². The number of likely N-dealkylation sites (tertiary alicyclic amines) is 1. The molecule has 1 unspecified atom stereocenters. The summed E-state index contributed by atoms with van der Waals surface area (Å²) in [5.41, 5.74) is 2.69. The Labute approximate surface area is 190 Å². The first-order valence-electron chi connectivity index (χ1n) is 11.1. The molecule has 1 atom stereocenters. The van der Waals surface area contributed by atoms with Crippen LogP contribution in [0.3, 0.4) is 0 Å². The lowest BCUT2D eigenvalue weighted by Crippen LogP contribution is -2.45. The molecule has 1 fully saturated rings. The highest BCUT2D eigenvalue weighted by Crippen LogP contribution is 2.25. The van der Waals surface area contributed by atoms with Gasteiger partial charge in [-0.1, -0.05) is 18.2 Å². The van der Waals surface area contributed by atoms with E-state index in [0.29, 0.717) is 36.1 Å². The molecule has 4 aromatic rings. The number of amides is 1. The Hall–Kier alpha value is -3.81. The van der Waals surface area contributed by atoms with Crippen LogP contribution >= 0.6 is 0 Å². The van der Waals surface area contributed by atoms with Crippen molar-refractivity contribution in [3.05, 3.63) is 83.8 Å². The van der Waals surface area contributed by atoms with E-state index in [1.54, 1.807) is 22.9 Å². The summed E-state index contributed by atoms with van der Waals surface area (Å²) in [6, 6.07) is 17.3. The number of hydrogen-bond acceptors (Lipinski definition) is 5. The maximum absolute atomic E-state index is 13.6. The van der Waals surface area contributed by atoms with E-state index in [9.17, 15) is 9.18 Å². The first kappa shape index (κ1) is 21.1. The van der Waals surface area contributed by atoms with Crippen molar-refractivity contribution in [2.45, 2.75) is 38.6 Å². The quantitative estimate of drug-likeness (QED) is 0.448. The largest absolute Gasteiger partial charge is 0.421 e. The third-order valence-corrected chi connectivity index (χ3v) is 5.91. The number of carbonyl (C=O) groups excluding carboxylic acids is 1. The summed E-state index contributed by atoms with van der Waals surface area (Å²) in [6.07, 6.45) is 3.32. The van der Waals surface area contributed by atoms with Gasteiger partial charge in [0.25, 0.3) is 5.91 Å². The SMILES string of the molecule is Cc1cc(C(=O)N2CCCCC2Cc2nnc(-c3ccccc3)o2)n(-c2ccc(F)cc2)n1. The van der Waals surface area contributed by atoms with Gasteiger partial charge in [0, 0.05) is 24.6 Å². The normalized spacial score (nSPS) is 16.2. The Morgan fingerprint density at radius 1 is 1.09 bits per heavy atom. The third-order valence-electron chi connectivity index (χ3n) is 5.91. The van der Waals surface area contributed by atoms with Crippen LogP contribution in [0.4, 0.5) is 4.39 Å². The van der Waals surface area contributed by atoms with E-state index in [0.717, 1.165) is 30.5 Å². The summed E-state index contributed by atoms with van der Waals surface area (Å²) in [7, 11) is 0. The highest BCUT2D eigenvalue weighted by molar-refractivity contribution is 5.93. The molecule has 0 N–H and O–H groups in total. The van der Waals surface area contributed by atoms with Gasteiger partial charge in [-0.2, -0.15) is 5.10 Å². The average molecular weight is 445 g/mol. The number of aryl methyl sites for hydroxylation is 1. The van der Waals surface area contributed by atoms with E-state index >= 15 is 0 Å². The minimum atomic E-state index is -0.332. The minimum Gasteiger partial charge on any atom is -0.421 e. The van der Waals surface area contributed by atoms with Crippen molar-refractivity contribution in [3.8, 4) is 17.1 Å². The molecule has 5 rings (SSSR count). The monoisotopic (exact) mass is 445 g/mol. The molecule has 8 heteroatoms. The smallest absolute Gasteiger partial charge is 0.272 e. The van der Waals surface area contributed by atoms with E-state index < -0.39 is 0 Å². The maximum Gasteiger partial charge on any atom is 0.272 e. The van der Waals surface area contributed by atoms with Crippen LogP contribution in [0.2, 0.25) is 0 Å². The fourth-order valence-corrected chi connectivity index (χ4v) is 4.29. The first-order chi connectivity index (χ1) is 16.1. The predicted molar refractivity (Wildman–Crippen MR) is 120 cm³/mol. The standard InChI is InChI=1S/C25H24FN5O2/c1-17-15-22(31(29-17)20-12-10-19(26)11-13-20)25(32)30-14-6-5-9-21(30)16-23-27-28-24(33-23)18-7-3-2-4-8-18/h2-4,7-8,10-13,15,21H,5-6,9,14,16H2,1H3. The molecule has 0 saturated carbocycles. The summed E-state index contributed by atoms with van der Waals surface area (Å²) in [4.78, 5) is 15.5. The summed E-state index contributed by atoms with van der Waals surface area (Å²) < 4.78 is 20.9. The predicted octanol–water partition coefficient (Wildman–Crippen LogP) is 4.61. The second kappa shape index (κ2) is 8.97. The molecule has 1 aliphatic rings. The minimum absolute atomic E-state index is 0.0489. The highest BCUT2D eigenvalue weighted by atomic mass is 19.1. The lowest BCUT2D eigenvalue weighted by molar-refractivity contribution is 0.0596. The number of hydrogen-bond donors (Lipinski definition) is 0. The van der Waals surface area contributed by atoms with Crippen LogP contribution in [0.15, 0.2) is 65.1 Å². The number of piperidine rings is 1. The van der Waals surface area contributed by atoms with Crippen LogP contribution in [0.5, 0.6) is 0 Å². The zero-order valence-electron chi connectivity index (χ0n) is 18.3. The number of halogens is 1. The first-order valence-corrected chi connectivity index (χ1v) is 11.1. The van der Waals surface area contributed by atoms with Gasteiger partial charge in [-0.3, -0.25) is 4.79 Å². The van der Waals surface area contributed by atoms with E-state index in [1.807, 2.05) is 42.2 Å². The van der Waals surface area contributed by atoms with Gasteiger partial charge in [0.15, 0.2) is 0 Å². The molecule has 0 aliphatic carbocycles. The molecule has 3 heterocycles. The average Bonchev–Trinajstić information content (AvgIpc) is 3.47. The summed E-state index contributed by atoms with van der Waals surface area (Å²) in [5, 5.41) is 12.9. The molecule has 2 aromatic carbocycles. The maximum atomic E-state index is 13.6. The van der Waals surface area contributed by atoms with Crippen molar-refractivity contribution in [1.82, 2.24) is 24.9 Å². The Kier molecular flexibility index (Phi) is 5.73. The van der Waals surface area contributed by atoms with E-state index in [2.05, 4.69) is 15.3 Å². The highest BCUT2D eigenvalue weighted by Gasteiger charge is 2.31. The van der Waals surface area contributed by atoms with Gasteiger partial charge in [-0.15, -0.1) is 10.2 Å². The number of benzene rings is 2. The van der Waals surface area contributed by atoms with Crippen LogP contribution in [0.1, 0.15) is 41.3 Å². The molecule has 1 aliphatic heterocycles. The second-order valence-corrected chi connectivity index (χ2v) is 8.28. The van der Waals surface area contributed by atoms with Gasteiger partial charge in [0.1, 0.15) is 11.5 Å². The Morgan fingerprint density at radius 3 is 2.67 bits per heavy atom. The summed E-state index contributed by atoms with van der Waals surface area (Å²) >= 11 is 0. The van der Waals surface area contributed by atoms with Crippen molar-refractivity contribution in [2.75, 3.05) is 6.54 Å². The lowest BCUT2D eigenvalue weighted by atomic mass is 9.98. The van der Waals surface area contributed by atoms with Gasteiger partial charge in [-0.25, -0.2) is 9.07 Å². The second-order valence-electron chi connectivity index (χ2n) is 8.28. The number of rotatable bonds is 5. The molecule has 0 bridgehead atoms. The fourth-order valence-electron chi connectivity index (χ4n) is 4.29.